The van der Waals surface area contributed by atoms with Crippen LogP contribution in [0, 0.1) is 12.4 Å². The molecule has 5 heterocycles. The second-order valence-electron chi connectivity index (χ2n) is 12.5. The largest absolute Gasteiger partial charge is 0.461 e. The Morgan fingerprint density at radius 3 is 2.68 bits per heavy atom. The molecule has 3 aliphatic heterocycles. The Kier molecular flexibility index (Phi) is 7.71. The Bertz CT molecular complexity index is 1940. The van der Waals surface area contributed by atoms with Crippen molar-refractivity contribution in [1.82, 2.24) is 24.8 Å². The maximum Gasteiger partial charge on any atom is 0.320 e. The van der Waals surface area contributed by atoms with Gasteiger partial charge in [-0.2, -0.15) is 9.97 Å². The van der Waals surface area contributed by atoms with E-state index in [1.165, 1.54) is 11.0 Å². The fourth-order valence-electron chi connectivity index (χ4n) is 7.34. The number of anilines is 1. The van der Waals surface area contributed by atoms with E-state index in [0.717, 1.165) is 6.42 Å². The van der Waals surface area contributed by atoms with Gasteiger partial charge in [0.05, 0.1) is 23.2 Å². The highest BCUT2D eigenvalue weighted by Gasteiger charge is 2.57. The van der Waals surface area contributed by atoms with Crippen LogP contribution in [0.15, 0.2) is 60.9 Å². The van der Waals surface area contributed by atoms with E-state index in [9.17, 15) is 18.0 Å². The number of rotatable bonds is 7. The zero-order valence-corrected chi connectivity index (χ0v) is 25.4. The van der Waals surface area contributed by atoms with E-state index >= 15 is 4.39 Å². The maximum atomic E-state index is 15.0. The number of carbonyl (C=O) groups is 1. The van der Waals surface area contributed by atoms with E-state index in [-0.39, 0.29) is 57.4 Å². The van der Waals surface area contributed by atoms with E-state index in [2.05, 4.69) is 16.4 Å². The summed E-state index contributed by atoms with van der Waals surface area (Å²) in [5.74, 6) is -4.76. The third kappa shape index (κ3) is 5.60. The summed E-state index contributed by atoms with van der Waals surface area (Å²) in [6.07, 6.45) is 1.03. The second-order valence-corrected chi connectivity index (χ2v) is 12.5. The summed E-state index contributed by atoms with van der Waals surface area (Å²) in [5.41, 5.74) is 0.432. The predicted octanol–water partition coefficient (Wildman–Crippen LogP) is 5.66. The first-order chi connectivity index (χ1) is 22.6. The van der Waals surface area contributed by atoms with Crippen LogP contribution in [0.4, 0.5) is 23.4 Å². The van der Waals surface area contributed by atoms with Gasteiger partial charge in [-0.25, -0.2) is 29.1 Å². The lowest BCUT2D eigenvalue weighted by Gasteiger charge is -2.39. The summed E-state index contributed by atoms with van der Waals surface area (Å²) in [6.45, 7) is 11.2. The summed E-state index contributed by atoms with van der Waals surface area (Å²) in [7, 11) is 0. The van der Waals surface area contributed by atoms with Crippen LogP contribution in [-0.2, 0) is 4.79 Å². The Morgan fingerprint density at radius 1 is 1.09 bits per heavy atom. The molecule has 242 valence electrons. The van der Waals surface area contributed by atoms with Crippen molar-refractivity contribution in [2.45, 2.75) is 36.8 Å². The molecule has 3 saturated heterocycles. The number of alkyl halides is 2. The molecule has 0 radical (unpaired) electrons. The number of pyridine rings is 1. The molecule has 0 unspecified atom stereocenters. The second kappa shape index (κ2) is 11.8. The van der Waals surface area contributed by atoms with Gasteiger partial charge in [0.2, 0.25) is 6.54 Å². The number of halogens is 4. The van der Waals surface area contributed by atoms with E-state index < -0.39 is 35.1 Å². The topological polar surface area (TPSA) is 79.1 Å². The number of fused-ring (bicyclic) bond motifs is 3. The Labute approximate surface area is 268 Å². The minimum Gasteiger partial charge on any atom is -0.461 e. The molecule has 3 fully saturated rings. The van der Waals surface area contributed by atoms with Gasteiger partial charge < -0.3 is 19.4 Å². The standard InChI is InChI=1S/C34H31F4N7O2/c1-21(35)31(46)45-15-14-43(17-23(45)16-39-2)30-25-10-11-27(24-8-3-6-22-7-4-9-26(36)28(22)24)40-29(25)41-32(42-30)47-20-33-12-5-13-44(33)19-34(37,38)18-33/h3-4,6-11,23H,1,5,12-20H2/t23-,33-/m0/s1. The molecule has 4 aromatic rings. The predicted molar refractivity (Wildman–Crippen MR) is 168 cm³/mol. The highest BCUT2D eigenvalue weighted by molar-refractivity contribution is 5.98. The molecule has 2 atom stereocenters. The molecule has 0 bridgehead atoms. The number of benzene rings is 2. The highest BCUT2D eigenvalue weighted by Crippen LogP contribution is 2.46. The fourth-order valence-corrected chi connectivity index (χ4v) is 7.34. The van der Waals surface area contributed by atoms with Gasteiger partial charge in [-0.3, -0.25) is 9.69 Å². The van der Waals surface area contributed by atoms with E-state index in [0.29, 0.717) is 46.2 Å². The molecular weight excluding hydrogens is 614 g/mol. The van der Waals surface area contributed by atoms with Gasteiger partial charge in [-0.05, 0) is 43.0 Å². The molecule has 2 aromatic carbocycles. The molecule has 0 N–H and O–H groups in total. The van der Waals surface area contributed by atoms with E-state index in [1.54, 1.807) is 29.2 Å². The third-order valence-corrected chi connectivity index (χ3v) is 9.45. The van der Waals surface area contributed by atoms with Crippen LogP contribution in [0.1, 0.15) is 19.3 Å². The van der Waals surface area contributed by atoms with Crippen molar-refractivity contribution in [2.75, 3.05) is 50.8 Å². The van der Waals surface area contributed by atoms with Gasteiger partial charge in [0, 0.05) is 37.0 Å². The molecule has 1 amide bonds. The zero-order valence-electron chi connectivity index (χ0n) is 25.4. The van der Waals surface area contributed by atoms with E-state index in [1.807, 2.05) is 23.1 Å². The number of hydrogen-bond acceptors (Lipinski definition) is 7. The number of piperazine rings is 1. The van der Waals surface area contributed by atoms with Crippen molar-refractivity contribution in [3.05, 3.63) is 78.2 Å². The Hall–Kier alpha value is -4.83. The molecule has 0 aliphatic carbocycles. The summed E-state index contributed by atoms with van der Waals surface area (Å²) >= 11 is 0. The lowest BCUT2D eigenvalue weighted by Crippen LogP contribution is -2.56. The molecule has 0 saturated carbocycles. The summed E-state index contributed by atoms with van der Waals surface area (Å²) in [5, 5.41) is 1.65. The molecule has 9 nitrogen and oxygen atoms in total. The first-order valence-electron chi connectivity index (χ1n) is 15.4. The molecule has 7 rings (SSSR count). The van der Waals surface area contributed by atoms with Crippen molar-refractivity contribution < 1.29 is 27.1 Å². The minimum atomic E-state index is -2.82. The average Bonchev–Trinajstić information content (AvgIpc) is 3.54. The van der Waals surface area contributed by atoms with Crippen LogP contribution >= 0.6 is 0 Å². The third-order valence-electron chi connectivity index (χ3n) is 9.45. The van der Waals surface area contributed by atoms with Crippen molar-refractivity contribution >= 4 is 33.5 Å². The van der Waals surface area contributed by atoms with Gasteiger partial charge in [-0.1, -0.05) is 36.9 Å². The van der Waals surface area contributed by atoms with Crippen LogP contribution in [0.5, 0.6) is 6.01 Å². The first kappa shape index (κ1) is 30.8. The first-order valence-corrected chi connectivity index (χ1v) is 15.4. The number of nitrogens with zero attached hydrogens (tertiary/aromatic N) is 7. The number of aromatic nitrogens is 3. The van der Waals surface area contributed by atoms with Crippen LogP contribution in [0.25, 0.3) is 37.9 Å². The lowest BCUT2D eigenvalue weighted by molar-refractivity contribution is -0.131. The Morgan fingerprint density at radius 2 is 1.89 bits per heavy atom. The van der Waals surface area contributed by atoms with E-state index in [4.69, 9.17) is 21.3 Å². The minimum absolute atomic E-state index is 0.0387. The summed E-state index contributed by atoms with van der Waals surface area (Å²) in [6, 6.07) is 13.1. The lowest BCUT2D eigenvalue weighted by atomic mass is 9.94. The van der Waals surface area contributed by atoms with Crippen molar-refractivity contribution in [3.63, 3.8) is 0 Å². The Balaban J connectivity index is 1.30. The van der Waals surface area contributed by atoms with Crippen LogP contribution in [0.3, 0.4) is 0 Å². The number of ether oxygens (including phenoxy) is 1. The maximum absolute atomic E-state index is 15.0. The molecule has 13 heteroatoms. The molecule has 0 spiro atoms. The summed E-state index contributed by atoms with van der Waals surface area (Å²) < 4.78 is 64.0. The quantitative estimate of drug-likeness (QED) is 0.146. The monoisotopic (exact) mass is 645 g/mol. The van der Waals surface area contributed by atoms with Crippen molar-refractivity contribution in [3.8, 4) is 17.3 Å². The molecule has 2 aromatic heterocycles. The average molecular weight is 646 g/mol. The van der Waals surface area contributed by atoms with Gasteiger partial charge >= 0.3 is 6.01 Å². The molecular formula is C34H31F4N7O2. The molecule has 47 heavy (non-hydrogen) atoms. The van der Waals surface area contributed by atoms with Crippen LogP contribution in [0.2, 0.25) is 0 Å². The number of carbonyl (C=O) groups excluding carboxylic acids is 1. The molecule has 3 aliphatic rings. The van der Waals surface area contributed by atoms with Crippen LogP contribution < -0.4 is 9.64 Å². The number of amides is 1. The zero-order chi connectivity index (χ0) is 32.9. The van der Waals surface area contributed by atoms with Crippen molar-refractivity contribution in [2.24, 2.45) is 0 Å². The summed E-state index contributed by atoms with van der Waals surface area (Å²) in [4.78, 5) is 35.1. The SMILES string of the molecule is [C-]#[N+]C[C@H]1CN(c2nc(OC[C@@]34CCCN3CC(F)(F)C4)nc3nc(-c4cccc5cccc(F)c45)ccc23)CCN1C(=O)C(=C)F. The number of hydrogen-bond donors (Lipinski definition) is 0. The van der Waals surface area contributed by atoms with Crippen molar-refractivity contribution in [1.29, 1.82) is 0 Å². The normalized spacial score (nSPS) is 22.4. The fraction of sp³-hybridized carbons (Fsp3) is 0.382. The smallest absolute Gasteiger partial charge is 0.320 e. The van der Waals surface area contributed by atoms with Gasteiger partial charge in [0.25, 0.3) is 11.8 Å². The van der Waals surface area contributed by atoms with Crippen LogP contribution in [-0.4, -0.2) is 94.0 Å². The highest BCUT2D eigenvalue weighted by atomic mass is 19.3. The van der Waals surface area contributed by atoms with Gasteiger partial charge in [0.1, 0.15) is 24.3 Å². The van der Waals surface area contributed by atoms with Gasteiger partial charge in [0.15, 0.2) is 11.5 Å². The van der Waals surface area contributed by atoms with Gasteiger partial charge in [-0.15, -0.1) is 0 Å².